The van der Waals surface area contributed by atoms with Crippen molar-refractivity contribution in [3.63, 3.8) is 0 Å². The average molecular weight is 257 g/mol. The Morgan fingerprint density at radius 2 is 2.00 bits per heavy atom. The lowest BCUT2D eigenvalue weighted by atomic mass is 9.84. The minimum absolute atomic E-state index is 0.115. The number of ether oxygens (including phenoxy) is 1. The summed E-state index contributed by atoms with van der Waals surface area (Å²) in [5, 5.41) is 14.6. The van der Waals surface area contributed by atoms with Crippen molar-refractivity contribution in [2.45, 2.75) is 58.1 Å². The summed E-state index contributed by atoms with van der Waals surface area (Å²) in [5.41, 5.74) is 5.13. The van der Waals surface area contributed by atoms with Crippen LogP contribution in [0.15, 0.2) is 5.16 Å². The predicted octanol–water partition coefficient (Wildman–Crippen LogP) is 1.82. The molecule has 2 unspecified atom stereocenters. The van der Waals surface area contributed by atoms with Crippen LogP contribution in [-0.2, 0) is 4.74 Å². The van der Waals surface area contributed by atoms with Gasteiger partial charge in [-0.3, -0.25) is 0 Å². The van der Waals surface area contributed by atoms with Gasteiger partial charge in [0.05, 0.1) is 0 Å². The first kappa shape index (κ1) is 14.6. The summed E-state index contributed by atoms with van der Waals surface area (Å²) in [6, 6.07) is -0.121. The third-order valence-electron chi connectivity index (χ3n) is 2.96. The van der Waals surface area contributed by atoms with Crippen LogP contribution >= 0.6 is 0 Å². The van der Waals surface area contributed by atoms with E-state index in [9.17, 15) is 4.79 Å². The highest BCUT2D eigenvalue weighted by Gasteiger charge is 2.31. The summed E-state index contributed by atoms with van der Waals surface area (Å²) in [7, 11) is 0. The maximum absolute atomic E-state index is 11.7. The maximum Gasteiger partial charge on any atom is 0.407 e. The van der Waals surface area contributed by atoms with E-state index in [1.54, 1.807) is 0 Å². The predicted molar refractivity (Wildman–Crippen MR) is 68.5 cm³/mol. The van der Waals surface area contributed by atoms with Gasteiger partial charge in [0.15, 0.2) is 0 Å². The highest BCUT2D eigenvalue weighted by Crippen LogP contribution is 2.25. The molecule has 0 aromatic heterocycles. The second kappa shape index (κ2) is 5.93. The minimum atomic E-state index is -0.523. The van der Waals surface area contributed by atoms with E-state index in [-0.39, 0.29) is 17.8 Å². The quantitative estimate of drug-likeness (QED) is 0.304. The smallest absolute Gasteiger partial charge is 0.407 e. The van der Waals surface area contributed by atoms with Crippen LogP contribution in [0.2, 0.25) is 0 Å². The second-order valence-corrected chi connectivity index (χ2v) is 5.67. The molecule has 0 spiro atoms. The first-order chi connectivity index (χ1) is 8.33. The third kappa shape index (κ3) is 4.43. The summed E-state index contributed by atoms with van der Waals surface area (Å²) in [6.07, 6.45) is 3.23. The summed E-state index contributed by atoms with van der Waals surface area (Å²) in [4.78, 5) is 11.7. The van der Waals surface area contributed by atoms with Crippen LogP contribution in [-0.4, -0.2) is 28.8 Å². The number of nitrogens with two attached hydrogens (primary N) is 1. The topological polar surface area (TPSA) is 96.9 Å². The molecular formula is C12H23N3O3. The lowest BCUT2D eigenvalue weighted by Gasteiger charge is -2.32. The van der Waals surface area contributed by atoms with Crippen molar-refractivity contribution in [3.05, 3.63) is 0 Å². The first-order valence-electron chi connectivity index (χ1n) is 6.30. The Bertz CT molecular complexity index is 323. The average Bonchev–Trinajstić information content (AvgIpc) is 2.26. The molecule has 1 fully saturated rings. The number of rotatable bonds is 2. The molecule has 0 aromatic rings. The van der Waals surface area contributed by atoms with Crippen LogP contribution in [0.4, 0.5) is 4.79 Å². The Hall–Kier alpha value is -1.46. The normalized spacial score (nSPS) is 25.6. The molecule has 1 amide bonds. The molecule has 104 valence electrons. The van der Waals surface area contributed by atoms with E-state index in [0.29, 0.717) is 0 Å². The van der Waals surface area contributed by atoms with E-state index >= 15 is 0 Å². The highest BCUT2D eigenvalue weighted by molar-refractivity contribution is 5.83. The fourth-order valence-electron chi connectivity index (χ4n) is 2.19. The Balaban J connectivity index is 2.60. The number of amides is 1. The number of nitrogens with zero attached hydrogens (tertiary/aromatic N) is 1. The van der Waals surface area contributed by atoms with Crippen molar-refractivity contribution in [1.82, 2.24) is 5.32 Å². The second-order valence-electron chi connectivity index (χ2n) is 5.67. The van der Waals surface area contributed by atoms with Crippen molar-refractivity contribution < 1.29 is 14.7 Å². The van der Waals surface area contributed by atoms with Crippen LogP contribution in [0.25, 0.3) is 0 Å². The molecule has 1 aliphatic carbocycles. The molecule has 0 saturated heterocycles. The van der Waals surface area contributed by atoms with Crippen molar-refractivity contribution >= 4 is 11.9 Å². The first-order valence-corrected chi connectivity index (χ1v) is 6.30. The number of amidine groups is 1. The fraction of sp³-hybridized carbons (Fsp3) is 0.833. The molecule has 0 aliphatic heterocycles. The largest absolute Gasteiger partial charge is 0.444 e. The highest BCUT2D eigenvalue weighted by atomic mass is 16.6. The summed E-state index contributed by atoms with van der Waals surface area (Å²) in [6.45, 7) is 5.44. The van der Waals surface area contributed by atoms with Crippen LogP contribution < -0.4 is 11.1 Å². The van der Waals surface area contributed by atoms with Crippen LogP contribution in [0, 0.1) is 5.92 Å². The number of carbonyl (C=O) groups excluding carboxylic acids is 1. The van der Waals surface area contributed by atoms with Gasteiger partial charge in [0.2, 0.25) is 0 Å². The molecule has 0 radical (unpaired) electrons. The van der Waals surface area contributed by atoms with Crippen LogP contribution in [0.3, 0.4) is 0 Å². The summed E-state index contributed by atoms with van der Waals surface area (Å²) < 4.78 is 5.21. The molecule has 18 heavy (non-hydrogen) atoms. The Kier molecular flexibility index (Phi) is 4.81. The number of carbonyl (C=O) groups is 1. The van der Waals surface area contributed by atoms with Crippen LogP contribution in [0.5, 0.6) is 0 Å². The van der Waals surface area contributed by atoms with Gasteiger partial charge in [-0.15, -0.1) is 0 Å². The monoisotopic (exact) mass is 257 g/mol. The number of alkyl carbamates (subject to hydrolysis) is 1. The lowest BCUT2D eigenvalue weighted by Crippen LogP contribution is -2.48. The van der Waals surface area contributed by atoms with Gasteiger partial charge in [-0.25, -0.2) is 4.79 Å². The fourth-order valence-corrected chi connectivity index (χ4v) is 2.19. The lowest BCUT2D eigenvalue weighted by molar-refractivity contribution is 0.0482. The van der Waals surface area contributed by atoms with Crippen molar-refractivity contribution in [1.29, 1.82) is 0 Å². The third-order valence-corrected chi connectivity index (χ3v) is 2.96. The Morgan fingerprint density at radius 3 is 2.56 bits per heavy atom. The number of hydrogen-bond donors (Lipinski definition) is 3. The van der Waals surface area contributed by atoms with E-state index in [2.05, 4.69) is 10.5 Å². The van der Waals surface area contributed by atoms with E-state index in [1.165, 1.54) is 0 Å². The zero-order valence-corrected chi connectivity index (χ0v) is 11.3. The van der Waals surface area contributed by atoms with Gasteiger partial charge < -0.3 is 21.0 Å². The molecule has 6 heteroatoms. The zero-order valence-electron chi connectivity index (χ0n) is 11.3. The van der Waals surface area contributed by atoms with Gasteiger partial charge in [0, 0.05) is 12.0 Å². The zero-order chi connectivity index (χ0) is 13.8. The number of hydrogen-bond acceptors (Lipinski definition) is 4. The molecule has 0 aromatic carbocycles. The molecular weight excluding hydrogens is 234 g/mol. The number of oxime groups is 1. The molecule has 2 atom stereocenters. The van der Waals surface area contributed by atoms with Gasteiger partial charge in [0.25, 0.3) is 0 Å². The van der Waals surface area contributed by atoms with E-state index < -0.39 is 11.7 Å². The molecule has 0 heterocycles. The van der Waals surface area contributed by atoms with Crippen molar-refractivity contribution in [2.24, 2.45) is 16.8 Å². The van der Waals surface area contributed by atoms with Gasteiger partial charge in [0.1, 0.15) is 11.4 Å². The number of nitrogens with one attached hydrogen (secondary N) is 1. The van der Waals surface area contributed by atoms with Gasteiger partial charge in [-0.2, -0.15) is 0 Å². The van der Waals surface area contributed by atoms with Crippen LogP contribution in [0.1, 0.15) is 46.5 Å². The van der Waals surface area contributed by atoms with Gasteiger partial charge in [-0.05, 0) is 33.6 Å². The van der Waals surface area contributed by atoms with E-state index in [1.807, 2.05) is 20.8 Å². The molecule has 1 rings (SSSR count). The summed E-state index contributed by atoms with van der Waals surface area (Å²) in [5.74, 6) is 0.0621. The van der Waals surface area contributed by atoms with E-state index in [0.717, 1.165) is 25.7 Å². The van der Waals surface area contributed by atoms with Gasteiger partial charge in [-0.1, -0.05) is 18.0 Å². The molecule has 6 nitrogen and oxygen atoms in total. The SMILES string of the molecule is CC(C)(C)OC(=O)NC1CCCCC1C(N)=NO. The summed E-state index contributed by atoms with van der Waals surface area (Å²) >= 11 is 0. The van der Waals surface area contributed by atoms with Crippen molar-refractivity contribution in [3.8, 4) is 0 Å². The van der Waals surface area contributed by atoms with E-state index in [4.69, 9.17) is 15.7 Å². The Labute approximate surface area is 108 Å². The van der Waals surface area contributed by atoms with Gasteiger partial charge >= 0.3 is 6.09 Å². The maximum atomic E-state index is 11.7. The standard InChI is InChI=1S/C12H23N3O3/c1-12(2,3)18-11(16)14-9-7-5-4-6-8(9)10(13)15-17/h8-9,17H,4-7H2,1-3H3,(H2,13,15)(H,14,16). The van der Waals surface area contributed by atoms with Crippen molar-refractivity contribution in [2.75, 3.05) is 0 Å². The Morgan fingerprint density at radius 1 is 1.39 bits per heavy atom. The molecule has 1 aliphatic rings. The minimum Gasteiger partial charge on any atom is -0.444 e. The molecule has 0 bridgehead atoms. The molecule has 1 saturated carbocycles. The molecule has 4 N–H and O–H groups in total.